The van der Waals surface area contributed by atoms with E-state index in [4.69, 9.17) is 4.74 Å². The lowest BCUT2D eigenvalue weighted by molar-refractivity contribution is -0.122. The van der Waals surface area contributed by atoms with Crippen LogP contribution in [-0.4, -0.2) is 33.3 Å². The van der Waals surface area contributed by atoms with Gasteiger partial charge in [0.05, 0.1) is 25.0 Å². The van der Waals surface area contributed by atoms with Crippen LogP contribution in [0.25, 0.3) is 5.65 Å². The third-order valence-corrected chi connectivity index (χ3v) is 5.56. The molecule has 4 aromatic rings. The molecule has 0 saturated carbocycles. The van der Waals surface area contributed by atoms with E-state index in [0.717, 1.165) is 28.2 Å². The highest BCUT2D eigenvalue weighted by Crippen LogP contribution is 2.30. The molecule has 0 fully saturated rings. The first-order valence-electron chi connectivity index (χ1n) is 10.5. The minimum atomic E-state index is -0.128. The van der Waals surface area contributed by atoms with Crippen LogP contribution < -0.4 is 10.1 Å². The summed E-state index contributed by atoms with van der Waals surface area (Å²) < 4.78 is 8.32. The number of carbonyl (C=O) groups excluding carboxylic acids is 1. The van der Waals surface area contributed by atoms with Crippen LogP contribution in [0.15, 0.2) is 85.2 Å². The molecule has 6 heteroatoms. The average molecular weight is 412 g/mol. The predicted octanol–water partition coefficient (Wildman–Crippen LogP) is 3.59. The number of rotatable bonds is 5. The topological polar surface area (TPSA) is 58.9 Å². The number of nitrogens with one attached hydrogen (secondary N) is 1. The van der Waals surface area contributed by atoms with Gasteiger partial charge in [-0.05, 0) is 23.8 Å². The number of benzene rings is 2. The Bertz CT molecular complexity index is 1190. The van der Waals surface area contributed by atoms with E-state index in [1.165, 1.54) is 0 Å². The van der Waals surface area contributed by atoms with E-state index >= 15 is 0 Å². The summed E-state index contributed by atoms with van der Waals surface area (Å²) in [7, 11) is 0. The van der Waals surface area contributed by atoms with Gasteiger partial charge in [-0.25, -0.2) is 4.98 Å². The summed E-state index contributed by atoms with van der Waals surface area (Å²) in [4.78, 5) is 19.3. The van der Waals surface area contributed by atoms with Crippen molar-refractivity contribution in [1.29, 1.82) is 0 Å². The van der Waals surface area contributed by atoms with E-state index < -0.39 is 0 Å². The fourth-order valence-corrected chi connectivity index (χ4v) is 4.01. The number of aromatic nitrogens is 2. The highest BCUT2D eigenvalue weighted by molar-refractivity contribution is 5.78. The molecule has 5 rings (SSSR count). The van der Waals surface area contributed by atoms with Crippen molar-refractivity contribution in [1.82, 2.24) is 19.6 Å². The number of pyridine rings is 1. The third-order valence-electron chi connectivity index (χ3n) is 5.56. The molecule has 1 amide bonds. The molecule has 0 aliphatic carbocycles. The fraction of sp³-hybridized carbons (Fsp3) is 0.200. The monoisotopic (exact) mass is 412 g/mol. The lowest BCUT2D eigenvalue weighted by Gasteiger charge is -2.23. The number of hydrogen-bond acceptors (Lipinski definition) is 4. The summed E-state index contributed by atoms with van der Waals surface area (Å²) in [5, 5.41) is 3.04. The summed E-state index contributed by atoms with van der Waals surface area (Å²) in [6.45, 7) is 2.05. The minimum Gasteiger partial charge on any atom is -0.484 e. The first kappa shape index (κ1) is 19.3. The van der Waals surface area contributed by atoms with E-state index in [2.05, 4.69) is 33.4 Å². The molecule has 1 aliphatic heterocycles. The number of nitrogens with zero attached hydrogens (tertiary/aromatic N) is 3. The maximum atomic E-state index is 12.8. The van der Waals surface area contributed by atoms with Gasteiger partial charge in [0.1, 0.15) is 17.5 Å². The Kier molecular flexibility index (Phi) is 5.37. The normalized spacial score (nSPS) is 16.3. The molecule has 6 nitrogen and oxygen atoms in total. The molecule has 1 atom stereocenters. The molecule has 156 valence electrons. The number of para-hydroxylation sites is 1. The van der Waals surface area contributed by atoms with Crippen molar-refractivity contribution < 1.29 is 9.53 Å². The standard InChI is InChI=1S/C25H24N4O2/c30-25(27-15-21-14-26-24-12-6-7-13-29(21)24)18-28-16-20-10-4-5-11-22(20)31-23(17-28)19-8-2-1-3-9-19/h1-14,23H,15-18H2,(H,27,30). The van der Waals surface area contributed by atoms with Gasteiger partial charge < -0.3 is 14.5 Å². The number of amides is 1. The summed E-state index contributed by atoms with van der Waals surface area (Å²) >= 11 is 0. The largest absolute Gasteiger partial charge is 0.484 e. The third kappa shape index (κ3) is 4.29. The zero-order valence-corrected chi connectivity index (χ0v) is 17.1. The second-order valence-electron chi connectivity index (χ2n) is 7.75. The van der Waals surface area contributed by atoms with Gasteiger partial charge in [-0.3, -0.25) is 9.69 Å². The van der Waals surface area contributed by atoms with Crippen molar-refractivity contribution in [3.05, 3.63) is 102 Å². The lowest BCUT2D eigenvalue weighted by Crippen LogP contribution is -2.38. The number of fused-ring (bicyclic) bond motifs is 2. The molecule has 0 radical (unpaired) electrons. The molecule has 0 spiro atoms. The zero-order chi connectivity index (χ0) is 21.0. The van der Waals surface area contributed by atoms with Gasteiger partial charge >= 0.3 is 0 Å². The van der Waals surface area contributed by atoms with Gasteiger partial charge in [-0.15, -0.1) is 0 Å². The van der Waals surface area contributed by atoms with Gasteiger partial charge in [0.15, 0.2) is 0 Å². The highest BCUT2D eigenvalue weighted by atomic mass is 16.5. The number of carbonyl (C=O) groups is 1. The molecule has 0 saturated heterocycles. The van der Waals surface area contributed by atoms with Crippen LogP contribution in [-0.2, 0) is 17.9 Å². The molecule has 3 heterocycles. The lowest BCUT2D eigenvalue weighted by atomic mass is 10.1. The first-order valence-corrected chi connectivity index (χ1v) is 10.5. The van der Waals surface area contributed by atoms with Gasteiger partial charge in [-0.1, -0.05) is 54.6 Å². The van der Waals surface area contributed by atoms with Gasteiger partial charge in [0.2, 0.25) is 5.91 Å². The van der Waals surface area contributed by atoms with Gasteiger partial charge in [-0.2, -0.15) is 0 Å². The van der Waals surface area contributed by atoms with E-state index in [1.54, 1.807) is 6.20 Å². The van der Waals surface area contributed by atoms with E-state index in [-0.39, 0.29) is 12.0 Å². The van der Waals surface area contributed by atoms with Crippen LogP contribution in [0, 0.1) is 0 Å². The van der Waals surface area contributed by atoms with Crippen LogP contribution in [0.3, 0.4) is 0 Å². The van der Waals surface area contributed by atoms with Crippen LogP contribution in [0.4, 0.5) is 0 Å². The van der Waals surface area contributed by atoms with E-state index in [1.807, 2.05) is 65.2 Å². The van der Waals surface area contributed by atoms with Crippen molar-refractivity contribution in [2.45, 2.75) is 19.2 Å². The molecular formula is C25H24N4O2. The van der Waals surface area contributed by atoms with Crippen molar-refractivity contribution >= 4 is 11.6 Å². The number of hydrogen-bond donors (Lipinski definition) is 1. The van der Waals surface area contributed by atoms with Crippen molar-refractivity contribution in [3.63, 3.8) is 0 Å². The van der Waals surface area contributed by atoms with Crippen molar-refractivity contribution in [3.8, 4) is 5.75 Å². The second kappa shape index (κ2) is 8.62. The van der Waals surface area contributed by atoms with Gasteiger partial charge in [0.25, 0.3) is 0 Å². The van der Waals surface area contributed by atoms with Crippen LogP contribution >= 0.6 is 0 Å². The van der Waals surface area contributed by atoms with E-state index in [9.17, 15) is 4.79 Å². The Morgan fingerprint density at radius 3 is 2.74 bits per heavy atom. The van der Waals surface area contributed by atoms with E-state index in [0.29, 0.717) is 26.2 Å². The Balaban J connectivity index is 1.29. The van der Waals surface area contributed by atoms with Crippen LogP contribution in [0.2, 0.25) is 0 Å². The smallest absolute Gasteiger partial charge is 0.234 e. The molecule has 0 bridgehead atoms. The summed E-state index contributed by atoms with van der Waals surface area (Å²) in [5.41, 5.74) is 4.03. The molecule has 1 aliphatic rings. The van der Waals surface area contributed by atoms with Crippen LogP contribution in [0.1, 0.15) is 22.9 Å². The maximum Gasteiger partial charge on any atom is 0.234 e. The first-order chi connectivity index (χ1) is 15.3. The predicted molar refractivity (Wildman–Crippen MR) is 119 cm³/mol. The second-order valence-corrected chi connectivity index (χ2v) is 7.75. The summed E-state index contributed by atoms with van der Waals surface area (Å²) in [6, 6.07) is 24.1. The van der Waals surface area contributed by atoms with Crippen molar-refractivity contribution in [2.24, 2.45) is 0 Å². The summed E-state index contributed by atoms with van der Waals surface area (Å²) in [5.74, 6) is 0.863. The Morgan fingerprint density at radius 2 is 1.84 bits per heavy atom. The Labute approximate surface area is 181 Å². The summed E-state index contributed by atoms with van der Waals surface area (Å²) in [6.07, 6.45) is 3.63. The molecule has 31 heavy (non-hydrogen) atoms. The van der Waals surface area contributed by atoms with Crippen LogP contribution in [0.5, 0.6) is 5.75 Å². The minimum absolute atomic E-state index is 0.0166. The quantitative estimate of drug-likeness (QED) is 0.544. The SMILES string of the molecule is O=C(CN1Cc2ccccc2OC(c2ccccc2)C1)NCc1cnc2ccccn12. The highest BCUT2D eigenvalue weighted by Gasteiger charge is 2.25. The molecule has 1 N–H and O–H groups in total. The van der Waals surface area contributed by atoms with Gasteiger partial charge in [0, 0.05) is 24.8 Å². The molecular weight excluding hydrogens is 388 g/mol. The molecule has 1 unspecified atom stereocenters. The average Bonchev–Trinajstić information content (AvgIpc) is 3.12. The van der Waals surface area contributed by atoms with Crippen molar-refractivity contribution in [2.75, 3.05) is 13.1 Å². The fourth-order valence-electron chi connectivity index (χ4n) is 4.01. The zero-order valence-electron chi connectivity index (χ0n) is 17.1. The molecule has 2 aromatic heterocycles. The molecule has 2 aromatic carbocycles. The Morgan fingerprint density at radius 1 is 1.03 bits per heavy atom. The number of imidazole rings is 1. The Hall–Kier alpha value is -3.64. The number of ether oxygens (including phenoxy) is 1. The maximum absolute atomic E-state index is 12.8.